The van der Waals surface area contributed by atoms with Crippen LogP contribution in [0, 0.1) is 0 Å². The number of hydrogen-bond acceptors (Lipinski definition) is 6. The van der Waals surface area contributed by atoms with E-state index in [-0.39, 0.29) is 0 Å². The summed E-state index contributed by atoms with van der Waals surface area (Å²) in [6.07, 6.45) is -6.11. The SMILES string of the molecule is OC1C(O)C2OC3C(O)C(O)C3OC12. The molecule has 0 radical (unpaired) electrons. The number of ether oxygens (including phenoxy) is 2. The van der Waals surface area contributed by atoms with E-state index in [1.165, 1.54) is 0 Å². The second-order valence-electron chi connectivity index (χ2n) is 4.09. The van der Waals surface area contributed by atoms with Gasteiger partial charge < -0.3 is 29.9 Å². The van der Waals surface area contributed by atoms with Crippen molar-refractivity contribution in [2.75, 3.05) is 0 Å². The van der Waals surface area contributed by atoms with Crippen LogP contribution < -0.4 is 0 Å². The molecule has 80 valence electrons. The van der Waals surface area contributed by atoms with Crippen molar-refractivity contribution in [3.8, 4) is 0 Å². The summed E-state index contributed by atoms with van der Waals surface area (Å²) in [5, 5.41) is 37.2. The van der Waals surface area contributed by atoms with Crippen molar-refractivity contribution in [2.45, 2.75) is 48.8 Å². The normalized spacial score (nSPS) is 66.0. The molecule has 3 fully saturated rings. The first-order valence-electron chi connectivity index (χ1n) is 4.64. The molecule has 3 aliphatic rings. The maximum Gasteiger partial charge on any atom is 0.115 e. The van der Waals surface area contributed by atoms with Gasteiger partial charge >= 0.3 is 0 Å². The van der Waals surface area contributed by atoms with Crippen LogP contribution in [0.25, 0.3) is 0 Å². The number of hydrogen-bond donors (Lipinski definition) is 4. The quantitative estimate of drug-likeness (QED) is 0.335. The second-order valence-corrected chi connectivity index (χ2v) is 4.09. The van der Waals surface area contributed by atoms with E-state index in [2.05, 4.69) is 0 Å². The Hall–Kier alpha value is -0.240. The van der Waals surface area contributed by atoms with Crippen LogP contribution in [0.15, 0.2) is 0 Å². The maximum absolute atomic E-state index is 9.29. The average molecular weight is 204 g/mol. The minimum atomic E-state index is -0.953. The van der Waals surface area contributed by atoms with Gasteiger partial charge in [-0.2, -0.15) is 0 Å². The van der Waals surface area contributed by atoms with Crippen molar-refractivity contribution in [3.63, 3.8) is 0 Å². The van der Waals surface area contributed by atoms with Crippen molar-refractivity contribution >= 4 is 0 Å². The fourth-order valence-electron chi connectivity index (χ4n) is 2.26. The van der Waals surface area contributed by atoms with E-state index in [4.69, 9.17) is 9.47 Å². The third-order valence-corrected chi connectivity index (χ3v) is 3.32. The lowest BCUT2D eigenvalue weighted by atomic mass is 9.77. The van der Waals surface area contributed by atoms with Gasteiger partial charge in [-0.1, -0.05) is 0 Å². The Morgan fingerprint density at radius 1 is 0.500 bits per heavy atom. The fourth-order valence-corrected chi connectivity index (χ4v) is 2.26. The Morgan fingerprint density at radius 3 is 0.929 bits per heavy atom. The van der Waals surface area contributed by atoms with Crippen LogP contribution in [0.1, 0.15) is 0 Å². The number of aliphatic hydroxyl groups excluding tert-OH is 4. The Kier molecular flexibility index (Phi) is 1.71. The topological polar surface area (TPSA) is 99.4 Å². The molecule has 0 bridgehead atoms. The zero-order valence-electron chi connectivity index (χ0n) is 7.22. The third-order valence-electron chi connectivity index (χ3n) is 3.32. The van der Waals surface area contributed by atoms with Gasteiger partial charge in [-0.25, -0.2) is 0 Å². The maximum atomic E-state index is 9.29. The Bertz CT molecular complexity index is 208. The zero-order valence-corrected chi connectivity index (χ0v) is 7.22. The van der Waals surface area contributed by atoms with Crippen LogP contribution in [-0.4, -0.2) is 69.3 Å². The summed E-state index contributed by atoms with van der Waals surface area (Å²) in [6, 6.07) is 0. The molecule has 3 rings (SSSR count). The molecule has 6 nitrogen and oxygen atoms in total. The predicted molar refractivity (Wildman–Crippen MR) is 41.3 cm³/mol. The van der Waals surface area contributed by atoms with Gasteiger partial charge in [0.25, 0.3) is 0 Å². The lowest BCUT2D eigenvalue weighted by molar-refractivity contribution is -0.391. The molecule has 2 aliphatic carbocycles. The first kappa shape index (κ1) is 9.02. The minimum Gasteiger partial charge on any atom is -0.387 e. The van der Waals surface area contributed by atoms with Gasteiger partial charge in [0.1, 0.15) is 48.8 Å². The molecule has 0 aromatic rings. The van der Waals surface area contributed by atoms with E-state index in [0.717, 1.165) is 0 Å². The van der Waals surface area contributed by atoms with Crippen molar-refractivity contribution in [3.05, 3.63) is 0 Å². The molecule has 1 heterocycles. The van der Waals surface area contributed by atoms with E-state index in [1.54, 1.807) is 0 Å². The Morgan fingerprint density at radius 2 is 0.714 bits per heavy atom. The summed E-state index contributed by atoms with van der Waals surface area (Å²) in [5.41, 5.74) is 0. The van der Waals surface area contributed by atoms with Crippen LogP contribution in [0.3, 0.4) is 0 Å². The van der Waals surface area contributed by atoms with Gasteiger partial charge in [0, 0.05) is 0 Å². The highest BCUT2D eigenvalue weighted by molar-refractivity contribution is 5.11. The summed E-state index contributed by atoms with van der Waals surface area (Å²) in [5.74, 6) is 0. The fraction of sp³-hybridized carbons (Fsp3) is 1.00. The van der Waals surface area contributed by atoms with Gasteiger partial charge in [-0.15, -0.1) is 0 Å². The monoisotopic (exact) mass is 204 g/mol. The van der Waals surface area contributed by atoms with E-state index >= 15 is 0 Å². The molecular formula is C8H12O6. The van der Waals surface area contributed by atoms with E-state index in [1.807, 2.05) is 0 Å². The van der Waals surface area contributed by atoms with Crippen LogP contribution in [0.2, 0.25) is 0 Å². The zero-order chi connectivity index (χ0) is 10.0. The van der Waals surface area contributed by atoms with Crippen LogP contribution in [0.5, 0.6) is 0 Å². The van der Waals surface area contributed by atoms with Crippen LogP contribution in [-0.2, 0) is 9.47 Å². The largest absolute Gasteiger partial charge is 0.387 e. The van der Waals surface area contributed by atoms with E-state index < -0.39 is 48.8 Å². The summed E-state index contributed by atoms with van der Waals surface area (Å²) >= 11 is 0. The number of aliphatic hydroxyl groups is 4. The Labute approximate surface area is 79.7 Å². The third kappa shape index (κ3) is 0.861. The Balaban J connectivity index is 1.74. The van der Waals surface area contributed by atoms with Gasteiger partial charge in [0.15, 0.2) is 0 Å². The first-order chi connectivity index (χ1) is 6.61. The summed E-state index contributed by atoms with van der Waals surface area (Å²) in [4.78, 5) is 0. The number of rotatable bonds is 0. The molecule has 0 aromatic heterocycles. The summed E-state index contributed by atoms with van der Waals surface area (Å²) in [6.45, 7) is 0. The highest BCUT2D eigenvalue weighted by Gasteiger charge is 2.64. The van der Waals surface area contributed by atoms with Gasteiger partial charge in [-0.05, 0) is 0 Å². The second kappa shape index (κ2) is 2.66. The molecule has 6 heteroatoms. The van der Waals surface area contributed by atoms with Crippen LogP contribution in [0.4, 0.5) is 0 Å². The first-order valence-corrected chi connectivity index (χ1v) is 4.64. The molecular weight excluding hydrogens is 192 g/mol. The number of fused-ring (bicyclic) bond motifs is 2. The molecule has 4 N–H and O–H groups in total. The summed E-state index contributed by atoms with van der Waals surface area (Å²) in [7, 11) is 0. The van der Waals surface area contributed by atoms with Gasteiger partial charge in [0.2, 0.25) is 0 Å². The summed E-state index contributed by atoms with van der Waals surface area (Å²) < 4.78 is 10.6. The molecule has 0 amide bonds. The van der Waals surface area contributed by atoms with Gasteiger partial charge in [0.05, 0.1) is 0 Å². The highest BCUT2D eigenvalue weighted by Crippen LogP contribution is 2.42. The molecule has 2 saturated carbocycles. The lowest BCUT2D eigenvalue weighted by Crippen LogP contribution is -2.79. The molecule has 14 heavy (non-hydrogen) atoms. The molecule has 0 spiro atoms. The van der Waals surface area contributed by atoms with Crippen molar-refractivity contribution in [2.24, 2.45) is 0 Å². The average Bonchev–Trinajstić information content (AvgIpc) is 2.24. The van der Waals surface area contributed by atoms with Gasteiger partial charge in [-0.3, -0.25) is 0 Å². The van der Waals surface area contributed by atoms with E-state index in [0.29, 0.717) is 0 Å². The smallest absolute Gasteiger partial charge is 0.115 e. The van der Waals surface area contributed by atoms with Crippen molar-refractivity contribution in [1.29, 1.82) is 0 Å². The minimum absolute atomic E-state index is 0.576. The molecule has 8 atom stereocenters. The lowest BCUT2D eigenvalue weighted by Gasteiger charge is -2.59. The van der Waals surface area contributed by atoms with Crippen molar-refractivity contribution < 1.29 is 29.9 Å². The molecule has 8 unspecified atom stereocenters. The molecule has 0 aromatic carbocycles. The standard InChI is InChI=1S/C8H12O6/c9-1-2(10)6-5(1)13-7-3(11)4(12)8(7)14-6/h1-12H. The molecule has 1 aliphatic heterocycles. The predicted octanol–water partition coefficient (Wildman–Crippen LogP) is -3.02. The van der Waals surface area contributed by atoms with Crippen molar-refractivity contribution in [1.82, 2.24) is 0 Å². The van der Waals surface area contributed by atoms with E-state index in [9.17, 15) is 20.4 Å². The van der Waals surface area contributed by atoms with Crippen LogP contribution >= 0.6 is 0 Å². The molecule has 1 saturated heterocycles. The highest BCUT2D eigenvalue weighted by atomic mass is 16.6.